The van der Waals surface area contributed by atoms with E-state index >= 15 is 0 Å². The lowest BCUT2D eigenvalue weighted by Crippen LogP contribution is -2.04. The van der Waals surface area contributed by atoms with Gasteiger partial charge in [0.2, 0.25) is 5.89 Å². The zero-order chi connectivity index (χ0) is 19.0. The van der Waals surface area contributed by atoms with Crippen molar-refractivity contribution in [3.63, 3.8) is 0 Å². The van der Waals surface area contributed by atoms with E-state index in [9.17, 15) is 15.0 Å². The van der Waals surface area contributed by atoms with Crippen molar-refractivity contribution >= 4 is 44.2 Å². The van der Waals surface area contributed by atoms with E-state index < -0.39 is 5.97 Å². The second-order valence-electron chi connectivity index (χ2n) is 5.68. The molecule has 7 nitrogen and oxygen atoms in total. The number of hydrogen-bond donors (Lipinski definition) is 3. The molecule has 0 aliphatic heterocycles. The van der Waals surface area contributed by atoms with Crippen LogP contribution in [0.4, 0.5) is 11.4 Å². The molecule has 0 bridgehead atoms. The van der Waals surface area contributed by atoms with Crippen LogP contribution in [-0.2, 0) is 0 Å². The van der Waals surface area contributed by atoms with Gasteiger partial charge in [0.1, 0.15) is 17.6 Å². The van der Waals surface area contributed by atoms with E-state index in [1.54, 1.807) is 18.3 Å². The predicted octanol–water partition coefficient (Wildman–Crippen LogP) is 4.80. The molecule has 0 saturated heterocycles. The highest BCUT2D eigenvalue weighted by atomic mass is 79.9. The Bertz CT molecular complexity index is 1160. The standard InChI is InChI=1S/C19H12BrN3O4/c20-10-4-5-13-11(8-10)17(12(9-22-13)18-21-6-7-27-18)23-14-2-1-3-15(24)16(14)19(25)26/h1-9,24H,(H,22,23)(H,25,26). The van der Waals surface area contributed by atoms with Crippen LogP contribution in [0.15, 0.2) is 63.9 Å². The number of carbonyl (C=O) groups is 1. The Labute approximate surface area is 161 Å². The number of benzene rings is 2. The molecule has 0 saturated carbocycles. The van der Waals surface area contributed by atoms with Gasteiger partial charge in [-0.05, 0) is 30.3 Å². The van der Waals surface area contributed by atoms with Crippen molar-refractivity contribution in [2.75, 3.05) is 5.32 Å². The number of carboxylic acids is 1. The number of nitrogens with one attached hydrogen (secondary N) is 1. The number of aromatic carboxylic acids is 1. The summed E-state index contributed by atoms with van der Waals surface area (Å²) in [6.45, 7) is 0. The van der Waals surface area contributed by atoms with Crippen molar-refractivity contribution in [2.45, 2.75) is 0 Å². The van der Waals surface area contributed by atoms with Gasteiger partial charge in [-0.1, -0.05) is 22.0 Å². The number of halogens is 1. The Morgan fingerprint density at radius 3 is 2.78 bits per heavy atom. The Kier molecular flexibility index (Phi) is 4.25. The van der Waals surface area contributed by atoms with Gasteiger partial charge in [0.15, 0.2) is 0 Å². The van der Waals surface area contributed by atoms with Crippen LogP contribution < -0.4 is 5.32 Å². The van der Waals surface area contributed by atoms with Gasteiger partial charge < -0.3 is 19.9 Å². The van der Waals surface area contributed by atoms with Crippen LogP contribution in [0.2, 0.25) is 0 Å². The molecular formula is C19H12BrN3O4. The molecule has 4 aromatic rings. The van der Waals surface area contributed by atoms with Crippen LogP contribution in [0.1, 0.15) is 10.4 Å². The Morgan fingerprint density at radius 2 is 2.04 bits per heavy atom. The summed E-state index contributed by atoms with van der Waals surface area (Å²) < 4.78 is 6.24. The zero-order valence-electron chi connectivity index (χ0n) is 13.7. The quantitative estimate of drug-likeness (QED) is 0.430. The Hall–Kier alpha value is -3.39. The topological polar surface area (TPSA) is 108 Å². The number of anilines is 2. The molecule has 134 valence electrons. The fraction of sp³-hybridized carbons (Fsp3) is 0. The van der Waals surface area contributed by atoms with Crippen molar-refractivity contribution in [3.8, 4) is 17.2 Å². The molecule has 3 N–H and O–H groups in total. The number of rotatable bonds is 4. The van der Waals surface area contributed by atoms with E-state index in [2.05, 4.69) is 31.2 Å². The predicted molar refractivity (Wildman–Crippen MR) is 103 cm³/mol. The molecule has 0 unspecified atom stereocenters. The van der Waals surface area contributed by atoms with Gasteiger partial charge in [0, 0.05) is 16.1 Å². The van der Waals surface area contributed by atoms with Crippen molar-refractivity contribution in [1.82, 2.24) is 9.97 Å². The molecule has 0 aliphatic carbocycles. The molecule has 0 fully saturated rings. The lowest BCUT2D eigenvalue weighted by Gasteiger charge is -2.15. The summed E-state index contributed by atoms with van der Waals surface area (Å²) in [5.41, 5.74) is 1.84. The fourth-order valence-electron chi connectivity index (χ4n) is 2.82. The molecule has 2 aromatic carbocycles. The average molecular weight is 426 g/mol. The SMILES string of the molecule is O=C(O)c1c(O)cccc1Nc1c(-c2ncco2)cnc2ccc(Br)cc12. The number of pyridine rings is 1. The van der Waals surface area contributed by atoms with E-state index in [0.29, 0.717) is 22.7 Å². The largest absolute Gasteiger partial charge is 0.507 e. The normalized spacial score (nSPS) is 10.9. The second-order valence-corrected chi connectivity index (χ2v) is 6.59. The van der Waals surface area contributed by atoms with E-state index in [-0.39, 0.29) is 17.0 Å². The summed E-state index contributed by atoms with van der Waals surface area (Å²) in [5.74, 6) is -1.23. The molecule has 27 heavy (non-hydrogen) atoms. The molecule has 0 aliphatic rings. The lowest BCUT2D eigenvalue weighted by atomic mass is 10.1. The van der Waals surface area contributed by atoms with Crippen molar-refractivity contribution in [1.29, 1.82) is 0 Å². The van der Waals surface area contributed by atoms with Gasteiger partial charge in [0.25, 0.3) is 0 Å². The summed E-state index contributed by atoms with van der Waals surface area (Å²) in [5, 5.41) is 23.3. The molecule has 2 aromatic heterocycles. The highest BCUT2D eigenvalue weighted by Crippen LogP contribution is 2.38. The Balaban J connectivity index is 1.98. The van der Waals surface area contributed by atoms with Gasteiger partial charge in [-0.2, -0.15) is 0 Å². The number of fused-ring (bicyclic) bond motifs is 1. The molecule has 2 heterocycles. The van der Waals surface area contributed by atoms with Crippen LogP contribution in [0.3, 0.4) is 0 Å². The summed E-state index contributed by atoms with van der Waals surface area (Å²) in [4.78, 5) is 20.2. The van der Waals surface area contributed by atoms with Gasteiger partial charge in [-0.3, -0.25) is 4.98 Å². The first-order valence-corrected chi connectivity index (χ1v) is 8.64. The van der Waals surface area contributed by atoms with Crippen molar-refractivity contribution < 1.29 is 19.4 Å². The van der Waals surface area contributed by atoms with Gasteiger partial charge in [-0.15, -0.1) is 0 Å². The number of oxazole rings is 1. The van der Waals surface area contributed by atoms with E-state index in [4.69, 9.17) is 4.42 Å². The van der Waals surface area contributed by atoms with Crippen LogP contribution in [0, 0.1) is 0 Å². The first-order valence-electron chi connectivity index (χ1n) is 7.85. The van der Waals surface area contributed by atoms with Gasteiger partial charge >= 0.3 is 5.97 Å². The number of phenols is 1. The highest BCUT2D eigenvalue weighted by Gasteiger charge is 2.19. The maximum absolute atomic E-state index is 11.6. The first-order chi connectivity index (χ1) is 13.0. The maximum Gasteiger partial charge on any atom is 0.341 e. The zero-order valence-corrected chi connectivity index (χ0v) is 15.3. The van der Waals surface area contributed by atoms with Crippen LogP contribution in [0.5, 0.6) is 5.75 Å². The first kappa shape index (κ1) is 17.0. The molecular weight excluding hydrogens is 414 g/mol. The minimum Gasteiger partial charge on any atom is -0.507 e. The van der Waals surface area contributed by atoms with E-state index in [0.717, 1.165) is 9.86 Å². The fourth-order valence-corrected chi connectivity index (χ4v) is 3.18. The maximum atomic E-state index is 11.6. The van der Waals surface area contributed by atoms with Crippen LogP contribution >= 0.6 is 15.9 Å². The van der Waals surface area contributed by atoms with E-state index in [1.807, 2.05) is 18.2 Å². The number of aromatic hydroxyl groups is 1. The lowest BCUT2D eigenvalue weighted by molar-refractivity contribution is 0.0695. The Morgan fingerprint density at radius 1 is 1.19 bits per heavy atom. The summed E-state index contributed by atoms with van der Waals surface area (Å²) in [6, 6.07) is 10.0. The molecule has 4 rings (SSSR count). The van der Waals surface area contributed by atoms with E-state index in [1.165, 1.54) is 18.5 Å². The summed E-state index contributed by atoms with van der Waals surface area (Å²) in [7, 11) is 0. The summed E-state index contributed by atoms with van der Waals surface area (Å²) >= 11 is 3.45. The number of aromatic nitrogens is 2. The minimum atomic E-state index is -1.24. The van der Waals surface area contributed by atoms with Crippen molar-refractivity contribution in [3.05, 3.63) is 65.1 Å². The minimum absolute atomic E-state index is 0.226. The monoisotopic (exact) mass is 425 g/mol. The van der Waals surface area contributed by atoms with Crippen LogP contribution in [-0.4, -0.2) is 26.2 Å². The molecule has 8 heteroatoms. The number of nitrogens with zero attached hydrogens (tertiary/aromatic N) is 2. The molecule has 0 amide bonds. The third-order valence-corrected chi connectivity index (χ3v) is 4.50. The third-order valence-electron chi connectivity index (χ3n) is 4.01. The number of hydrogen-bond acceptors (Lipinski definition) is 6. The average Bonchev–Trinajstić information content (AvgIpc) is 3.16. The summed E-state index contributed by atoms with van der Waals surface area (Å²) in [6.07, 6.45) is 4.57. The van der Waals surface area contributed by atoms with Gasteiger partial charge in [0.05, 0.1) is 28.7 Å². The van der Waals surface area contributed by atoms with Crippen molar-refractivity contribution in [2.24, 2.45) is 0 Å². The molecule has 0 radical (unpaired) electrons. The van der Waals surface area contributed by atoms with Crippen LogP contribution in [0.25, 0.3) is 22.4 Å². The second kappa shape index (κ2) is 6.73. The third kappa shape index (κ3) is 3.11. The highest BCUT2D eigenvalue weighted by molar-refractivity contribution is 9.10. The number of carboxylic acid groups (broad SMARTS) is 1. The molecule has 0 spiro atoms. The molecule has 0 atom stereocenters. The van der Waals surface area contributed by atoms with Gasteiger partial charge in [-0.25, -0.2) is 9.78 Å². The smallest absolute Gasteiger partial charge is 0.341 e.